The van der Waals surface area contributed by atoms with Crippen LogP contribution < -0.4 is 5.32 Å². The molecule has 2 N–H and O–H groups in total. The number of aryl methyl sites for hydroxylation is 2. The zero-order chi connectivity index (χ0) is 21.9. The molecule has 7 heteroatoms. The van der Waals surface area contributed by atoms with Crippen LogP contribution >= 0.6 is 39.0 Å². The van der Waals surface area contributed by atoms with Crippen molar-refractivity contribution in [3.8, 4) is 0 Å². The molecule has 4 aromatic rings. The first-order valence-corrected chi connectivity index (χ1v) is 13.4. The highest BCUT2D eigenvalue weighted by Crippen LogP contribution is 2.39. The highest BCUT2D eigenvalue weighted by molar-refractivity contribution is 9.10. The first-order valence-electron chi connectivity index (χ1n) is 10.8. The van der Waals surface area contributed by atoms with Gasteiger partial charge in [-0.1, -0.05) is 46.3 Å². The number of aromatic nitrogens is 2. The fourth-order valence-electron chi connectivity index (χ4n) is 4.06. The number of fused-ring (bicyclic) bond motifs is 3. The molecule has 32 heavy (non-hydrogen) atoms. The number of halogens is 1. The van der Waals surface area contributed by atoms with Crippen LogP contribution in [0.25, 0.3) is 10.2 Å². The fourth-order valence-corrected chi connectivity index (χ4v) is 6.36. The number of benzene rings is 2. The van der Waals surface area contributed by atoms with Crippen LogP contribution in [-0.4, -0.2) is 21.6 Å². The maximum Gasteiger partial charge on any atom is 0.142 e. The van der Waals surface area contributed by atoms with Gasteiger partial charge in [0.15, 0.2) is 0 Å². The number of hydrogen-bond acceptors (Lipinski definition) is 6. The Bertz CT molecular complexity index is 1210. The van der Waals surface area contributed by atoms with E-state index in [0.717, 1.165) is 44.7 Å². The Labute approximate surface area is 204 Å². The second-order valence-corrected chi connectivity index (χ2v) is 11.0. The molecule has 0 saturated carbocycles. The Hall–Kier alpha value is -1.93. The van der Waals surface area contributed by atoms with Crippen molar-refractivity contribution in [2.24, 2.45) is 0 Å². The van der Waals surface area contributed by atoms with Crippen LogP contribution in [0.1, 0.15) is 40.8 Å². The van der Waals surface area contributed by atoms with Crippen molar-refractivity contribution in [1.82, 2.24) is 9.97 Å². The van der Waals surface area contributed by atoms with Crippen molar-refractivity contribution >= 4 is 55.1 Å². The summed E-state index contributed by atoms with van der Waals surface area (Å²) in [6, 6.07) is 18.1. The third-order valence-corrected chi connectivity index (χ3v) is 8.41. The molecule has 1 aliphatic rings. The molecule has 164 valence electrons. The van der Waals surface area contributed by atoms with Crippen molar-refractivity contribution in [1.29, 1.82) is 0 Å². The van der Waals surface area contributed by atoms with E-state index in [-0.39, 0.29) is 0 Å². The minimum absolute atomic E-state index is 0.417. The van der Waals surface area contributed by atoms with Crippen LogP contribution in [0.4, 0.5) is 5.82 Å². The summed E-state index contributed by atoms with van der Waals surface area (Å²) in [5.74, 6) is 2.38. The van der Waals surface area contributed by atoms with Gasteiger partial charge in [0, 0.05) is 20.8 Å². The Kier molecular flexibility index (Phi) is 6.78. The topological polar surface area (TPSA) is 58.0 Å². The molecule has 5 rings (SSSR count). The van der Waals surface area contributed by atoms with Crippen LogP contribution in [0.3, 0.4) is 0 Å². The Morgan fingerprint density at radius 1 is 1.03 bits per heavy atom. The van der Waals surface area contributed by atoms with Crippen LogP contribution in [-0.2, 0) is 18.6 Å². The average molecular weight is 527 g/mol. The van der Waals surface area contributed by atoms with Crippen molar-refractivity contribution in [3.05, 3.63) is 80.9 Å². The van der Waals surface area contributed by atoms with E-state index >= 15 is 0 Å². The predicted molar refractivity (Wildman–Crippen MR) is 138 cm³/mol. The summed E-state index contributed by atoms with van der Waals surface area (Å²) in [6.07, 6.45) is 4.09. The van der Waals surface area contributed by atoms with Gasteiger partial charge < -0.3 is 10.4 Å². The lowest BCUT2D eigenvalue weighted by molar-refractivity contribution is 0.191. The van der Waals surface area contributed by atoms with E-state index in [9.17, 15) is 5.11 Å². The van der Waals surface area contributed by atoms with Gasteiger partial charge in [-0.05, 0) is 61.1 Å². The molecule has 1 aliphatic carbocycles. The largest absolute Gasteiger partial charge is 0.387 e. The number of thiophene rings is 1. The van der Waals surface area contributed by atoms with E-state index in [1.807, 2.05) is 41.7 Å². The van der Waals surface area contributed by atoms with Gasteiger partial charge in [-0.15, -0.1) is 23.1 Å². The maximum absolute atomic E-state index is 10.7. The molecule has 0 radical (unpaired) electrons. The van der Waals surface area contributed by atoms with Gasteiger partial charge in [0.2, 0.25) is 0 Å². The number of anilines is 1. The molecule has 0 spiro atoms. The standard InChI is InChI=1S/C25H24BrN3OS2/c26-17-10-12-18(13-11-17)31-15-22-28-24(27-14-20(30)16-6-2-1-3-7-16)23-19-8-4-5-9-21(19)32-25(23)29-22/h1-3,6-7,10-13,20,30H,4-5,8-9,14-15H2,(H,27,28,29). The number of thioether (sulfide) groups is 1. The monoisotopic (exact) mass is 525 g/mol. The fraction of sp³-hybridized carbons (Fsp3) is 0.280. The number of nitrogens with one attached hydrogen (secondary N) is 1. The Balaban J connectivity index is 1.43. The molecule has 4 nitrogen and oxygen atoms in total. The molecule has 0 saturated heterocycles. The normalized spacial score (nSPS) is 14.3. The van der Waals surface area contributed by atoms with Crippen molar-refractivity contribution in [2.75, 3.05) is 11.9 Å². The van der Waals surface area contributed by atoms with Gasteiger partial charge in [-0.2, -0.15) is 0 Å². The Morgan fingerprint density at radius 2 is 1.81 bits per heavy atom. The molecule has 2 heterocycles. The van der Waals surface area contributed by atoms with Crippen molar-refractivity contribution < 1.29 is 5.11 Å². The highest BCUT2D eigenvalue weighted by Gasteiger charge is 2.21. The van der Waals surface area contributed by atoms with Crippen LogP contribution in [0, 0.1) is 0 Å². The summed E-state index contributed by atoms with van der Waals surface area (Å²) in [6.45, 7) is 0.417. The minimum atomic E-state index is -0.587. The summed E-state index contributed by atoms with van der Waals surface area (Å²) in [4.78, 5) is 13.6. The van der Waals surface area contributed by atoms with Gasteiger partial charge in [0.25, 0.3) is 0 Å². The third-order valence-electron chi connectivity index (χ3n) is 5.69. The smallest absolute Gasteiger partial charge is 0.142 e. The first-order chi connectivity index (χ1) is 15.7. The van der Waals surface area contributed by atoms with Crippen LogP contribution in [0.5, 0.6) is 0 Å². The average Bonchev–Trinajstić information content (AvgIpc) is 3.21. The molecule has 0 bridgehead atoms. The summed E-state index contributed by atoms with van der Waals surface area (Å²) in [7, 11) is 0. The number of nitrogens with zero attached hydrogens (tertiary/aromatic N) is 2. The van der Waals surface area contributed by atoms with Gasteiger partial charge in [-0.25, -0.2) is 9.97 Å². The highest BCUT2D eigenvalue weighted by atomic mass is 79.9. The van der Waals surface area contributed by atoms with Crippen LogP contribution in [0.2, 0.25) is 0 Å². The molecule has 1 unspecified atom stereocenters. The lowest BCUT2D eigenvalue weighted by atomic mass is 9.97. The van der Waals surface area contributed by atoms with E-state index in [1.165, 1.54) is 28.2 Å². The molecule has 1 atom stereocenters. The summed E-state index contributed by atoms with van der Waals surface area (Å²) in [5.41, 5.74) is 2.31. The molecule has 0 aliphatic heterocycles. The molecular formula is C25H24BrN3OS2. The van der Waals surface area contributed by atoms with Gasteiger partial charge >= 0.3 is 0 Å². The number of aliphatic hydroxyl groups is 1. The molecular weight excluding hydrogens is 502 g/mol. The third kappa shape index (κ3) is 4.86. The summed E-state index contributed by atoms with van der Waals surface area (Å²) >= 11 is 7.04. The number of aliphatic hydroxyl groups excluding tert-OH is 1. The lowest BCUT2D eigenvalue weighted by Crippen LogP contribution is -2.14. The summed E-state index contributed by atoms with van der Waals surface area (Å²) in [5, 5.41) is 15.3. The Morgan fingerprint density at radius 3 is 2.62 bits per heavy atom. The number of rotatable bonds is 7. The zero-order valence-corrected chi connectivity index (χ0v) is 20.8. The second-order valence-electron chi connectivity index (χ2n) is 7.93. The summed E-state index contributed by atoms with van der Waals surface area (Å²) < 4.78 is 1.08. The van der Waals surface area contributed by atoms with Gasteiger partial charge in [0.05, 0.1) is 17.2 Å². The van der Waals surface area contributed by atoms with E-state index in [4.69, 9.17) is 9.97 Å². The number of hydrogen-bond donors (Lipinski definition) is 2. The minimum Gasteiger partial charge on any atom is -0.387 e. The molecule has 0 amide bonds. The molecule has 2 aromatic heterocycles. The maximum atomic E-state index is 10.7. The second kappa shape index (κ2) is 9.91. The molecule has 2 aromatic carbocycles. The van der Waals surface area contributed by atoms with Gasteiger partial charge in [-0.3, -0.25) is 0 Å². The van der Waals surface area contributed by atoms with E-state index < -0.39 is 6.10 Å². The van der Waals surface area contributed by atoms with E-state index in [1.54, 1.807) is 11.8 Å². The predicted octanol–water partition coefficient (Wildman–Crippen LogP) is 6.77. The zero-order valence-electron chi connectivity index (χ0n) is 17.6. The van der Waals surface area contributed by atoms with Crippen molar-refractivity contribution in [3.63, 3.8) is 0 Å². The van der Waals surface area contributed by atoms with E-state index in [0.29, 0.717) is 12.3 Å². The van der Waals surface area contributed by atoms with Gasteiger partial charge in [0.1, 0.15) is 16.5 Å². The quantitative estimate of drug-likeness (QED) is 0.260. The lowest BCUT2D eigenvalue weighted by Gasteiger charge is -2.16. The van der Waals surface area contributed by atoms with Crippen LogP contribution in [0.15, 0.2) is 64.0 Å². The van der Waals surface area contributed by atoms with Crippen molar-refractivity contribution in [2.45, 2.75) is 42.4 Å². The van der Waals surface area contributed by atoms with E-state index in [2.05, 4.69) is 45.5 Å². The molecule has 0 fully saturated rings. The SMILES string of the molecule is OC(CNc1nc(CSc2ccc(Br)cc2)nc2sc3c(c12)CCCC3)c1ccccc1. The first kappa shape index (κ1) is 21.9.